The van der Waals surface area contributed by atoms with Crippen LogP contribution < -0.4 is 26.0 Å². The van der Waals surface area contributed by atoms with Gasteiger partial charge in [-0.05, 0) is 60.0 Å². The largest absolute Gasteiger partial charge is 0.495 e. The molecular weight excluding hydrogens is 497 g/mol. The van der Waals surface area contributed by atoms with Gasteiger partial charge in [-0.3, -0.25) is 9.36 Å². The average molecular weight is 520 g/mol. The van der Waals surface area contributed by atoms with E-state index in [0.29, 0.717) is 44.8 Å². The molecule has 4 aromatic rings. The van der Waals surface area contributed by atoms with E-state index >= 15 is 0 Å². The Labute approximate surface area is 215 Å². The van der Waals surface area contributed by atoms with E-state index in [1.807, 2.05) is 37.3 Å². The molecule has 0 saturated heterocycles. The fourth-order valence-electron chi connectivity index (χ4n) is 3.63. The summed E-state index contributed by atoms with van der Waals surface area (Å²) < 4.78 is 17.1. The van der Waals surface area contributed by atoms with E-state index in [9.17, 15) is 9.36 Å². The van der Waals surface area contributed by atoms with Crippen molar-refractivity contribution in [1.82, 2.24) is 15.3 Å². The van der Waals surface area contributed by atoms with Crippen LogP contribution in [0.25, 0.3) is 11.1 Å². The number of nitrogens with one attached hydrogen (secondary N) is 3. The summed E-state index contributed by atoms with van der Waals surface area (Å²) in [6, 6.07) is 18.4. The zero-order valence-electron chi connectivity index (χ0n) is 19.8. The van der Waals surface area contributed by atoms with E-state index in [1.54, 1.807) is 44.5 Å². The number of carbonyl (C=O) groups is 1. The quantitative estimate of drug-likeness (QED) is 0.250. The third-order valence-corrected chi connectivity index (χ3v) is 6.34. The maximum Gasteiger partial charge on any atom is 0.251 e. The van der Waals surface area contributed by atoms with Gasteiger partial charge in [0.05, 0.1) is 30.0 Å². The number of aryl methyl sites for hydroxylation is 1. The van der Waals surface area contributed by atoms with Gasteiger partial charge in [0.15, 0.2) is 14.3 Å². The third-order valence-electron chi connectivity index (χ3n) is 5.48. The van der Waals surface area contributed by atoms with Gasteiger partial charge in [-0.1, -0.05) is 35.9 Å². The molecule has 0 aliphatic carbocycles. The van der Waals surface area contributed by atoms with Crippen LogP contribution in [-0.2, 0) is 4.57 Å². The van der Waals surface area contributed by atoms with Crippen molar-refractivity contribution in [3.05, 3.63) is 83.0 Å². The highest BCUT2D eigenvalue weighted by Crippen LogP contribution is 2.36. The van der Waals surface area contributed by atoms with Gasteiger partial charge < -0.3 is 20.7 Å². The molecule has 36 heavy (non-hydrogen) atoms. The molecule has 182 valence electrons. The molecule has 0 fully saturated rings. The van der Waals surface area contributed by atoms with Gasteiger partial charge in [-0.25, -0.2) is 4.98 Å². The number of para-hydroxylation sites is 1. The number of ether oxygens (including phenoxy) is 1. The summed E-state index contributed by atoms with van der Waals surface area (Å²) in [4.78, 5) is 20.6. The Kier molecular flexibility index (Phi) is 7.78. The summed E-state index contributed by atoms with van der Waals surface area (Å²) in [5.74, 6) is 1.13. The number of nitrogens with zero attached hydrogens (tertiary/aromatic N) is 2. The standard InChI is InChI=1S/C26H23ClN5O3P/c1-15-12-21(22(35-3)13-18(15)16-8-10-17(11-9-16)25(33)28-2)31-26-29-14-19(27)24(32-26)30-20-6-4-5-7-23(20)36-34/h4-14H,1-3H3,(H,28,33)(H2,29,30,31,32). The third kappa shape index (κ3) is 5.46. The number of methoxy groups -OCH3 is 1. The topological polar surface area (TPSA) is 105 Å². The number of hydrogen-bond donors (Lipinski definition) is 3. The van der Waals surface area contributed by atoms with Crippen LogP contribution in [0.1, 0.15) is 15.9 Å². The molecule has 8 nitrogen and oxygen atoms in total. The molecule has 0 saturated carbocycles. The zero-order chi connectivity index (χ0) is 25.7. The smallest absolute Gasteiger partial charge is 0.251 e. The predicted molar refractivity (Wildman–Crippen MR) is 144 cm³/mol. The Morgan fingerprint density at radius 3 is 2.47 bits per heavy atom. The molecule has 3 aromatic carbocycles. The van der Waals surface area contributed by atoms with Crippen LogP contribution in [0.3, 0.4) is 0 Å². The molecule has 0 radical (unpaired) electrons. The lowest BCUT2D eigenvalue weighted by Crippen LogP contribution is -2.17. The van der Waals surface area contributed by atoms with Gasteiger partial charge in [0.25, 0.3) is 5.91 Å². The Morgan fingerprint density at radius 2 is 1.78 bits per heavy atom. The van der Waals surface area contributed by atoms with Gasteiger partial charge in [0.1, 0.15) is 10.8 Å². The van der Waals surface area contributed by atoms with E-state index in [0.717, 1.165) is 16.7 Å². The van der Waals surface area contributed by atoms with Crippen molar-refractivity contribution in [1.29, 1.82) is 0 Å². The highest BCUT2D eigenvalue weighted by Gasteiger charge is 2.14. The average Bonchev–Trinajstić information content (AvgIpc) is 2.90. The molecule has 0 unspecified atom stereocenters. The summed E-state index contributed by atoms with van der Waals surface area (Å²) in [5, 5.41) is 9.83. The van der Waals surface area contributed by atoms with E-state index in [-0.39, 0.29) is 14.4 Å². The van der Waals surface area contributed by atoms with E-state index in [4.69, 9.17) is 16.3 Å². The van der Waals surface area contributed by atoms with Crippen LogP contribution in [0.15, 0.2) is 66.9 Å². The Morgan fingerprint density at radius 1 is 1.03 bits per heavy atom. The summed E-state index contributed by atoms with van der Waals surface area (Å²) in [6.45, 7) is 1.99. The van der Waals surface area contributed by atoms with E-state index < -0.39 is 0 Å². The Bertz CT molecular complexity index is 1430. The van der Waals surface area contributed by atoms with Crippen LogP contribution in [0.5, 0.6) is 5.75 Å². The number of aromatic nitrogens is 2. The number of halogens is 1. The summed E-state index contributed by atoms with van der Waals surface area (Å²) in [6.07, 6.45) is 1.48. The van der Waals surface area contributed by atoms with Gasteiger partial charge in [-0.15, -0.1) is 0 Å². The second-order valence-electron chi connectivity index (χ2n) is 7.77. The molecule has 0 aliphatic rings. The Hall–Kier alpha value is -4.00. The van der Waals surface area contributed by atoms with E-state index in [2.05, 4.69) is 25.9 Å². The number of anilines is 4. The van der Waals surface area contributed by atoms with E-state index in [1.165, 1.54) is 6.20 Å². The maximum absolute atomic E-state index is 11.8. The minimum Gasteiger partial charge on any atom is -0.495 e. The number of benzene rings is 3. The fourth-order valence-corrected chi connectivity index (χ4v) is 4.15. The monoisotopic (exact) mass is 519 g/mol. The van der Waals surface area contributed by atoms with Crippen molar-refractivity contribution in [3.8, 4) is 16.9 Å². The summed E-state index contributed by atoms with van der Waals surface area (Å²) in [5.41, 5.74) is 4.80. The second-order valence-corrected chi connectivity index (χ2v) is 8.84. The van der Waals surface area contributed by atoms with Crippen LogP contribution in [0.4, 0.5) is 23.1 Å². The highest BCUT2D eigenvalue weighted by molar-refractivity contribution is 7.34. The lowest BCUT2D eigenvalue weighted by molar-refractivity contribution is 0.0963. The lowest BCUT2D eigenvalue weighted by Gasteiger charge is -2.16. The minimum absolute atomic E-state index is 0.116. The molecular formula is C26H23ClN5O3P. The van der Waals surface area contributed by atoms with Crippen molar-refractivity contribution in [3.63, 3.8) is 0 Å². The molecule has 0 aliphatic heterocycles. The normalized spacial score (nSPS) is 10.7. The molecule has 10 heteroatoms. The van der Waals surface area contributed by atoms with Gasteiger partial charge in [0.2, 0.25) is 5.95 Å². The lowest BCUT2D eigenvalue weighted by atomic mass is 9.98. The molecule has 0 bridgehead atoms. The first-order chi connectivity index (χ1) is 17.4. The molecule has 1 amide bonds. The molecule has 4 rings (SSSR count). The molecule has 0 atom stereocenters. The predicted octanol–water partition coefficient (Wildman–Crippen LogP) is 5.88. The van der Waals surface area contributed by atoms with Gasteiger partial charge in [0, 0.05) is 12.6 Å². The molecule has 3 N–H and O–H groups in total. The second kappa shape index (κ2) is 11.2. The van der Waals surface area contributed by atoms with Crippen molar-refractivity contribution >= 4 is 54.4 Å². The summed E-state index contributed by atoms with van der Waals surface area (Å²) in [7, 11) is 3.07. The number of carbonyl (C=O) groups excluding carboxylic acids is 1. The first kappa shape index (κ1) is 25.1. The van der Waals surface area contributed by atoms with Crippen molar-refractivity contribution in [2.24, 2.45) is 0 Å². The molecule has 1 aromatic heterocycles. The van der Waals surface area contributed by atoms with Crippen molar-refractivity contribution in [2.45, 2.75) is 6.92 Å². The number of amides is 1. The van der Waals surface area contributed by atoms with Crippen molar-refractivity contribution in [2.75, 3.05) is 24.8 Å². The highest BCUT2D eigenvalue weighted by atomic mass is 35.5. The number of hydrogen-bond acceptors (Lipinski definition) is 7. The SMILES string of the molecule is CNC(=O)c1ccc(-c2cc(OC)c(Nc3ncc(Cl)c(Nc4ccccc4P=O)n3)cc2C)cc1. The molecule has 0 spiro atoms. The first-order valence-corrected chi connectivity index (χ1v) is 12.1. The van der Waals surface area contributed by atoms with Crippen LogP contribution in [0, 0.1) is 6.92 Å². The first-order valence-electron chi connectivity index (χ1n) is 10.9. The Balaban J connectivity index is 1.62. The van der Waals surface area contributed by atoms with Crippen LogP contribution in [0.2, 0.25) is 5.02 Å². The van der Waals surface area contributed by atoms with Crippen LogP contribution in [-0.4, -0.2) is 30.0 Å². The molecule has 1 heterocycles. The van der Waals surface area contributed by atoms with Gasteiger partial charge in [-0.2, -0.15) is 4.98 Å². The minimum atomic E-state index is -0.136. The van der Waals surface area contributed by atoms with Crippen molar-refractivity contribution < 1.29 is 14.1 Å². The fraction of sp³-hybridized carbons (Fsp3) is 0.115. The maximum atomic E-state index is 11.8. The summed E-state index contributed by atoms with van der Waals surface area (Å²) >= 11 is 6.31. The van der Waals surface area contributed by atoms with Crippen LogP contribution >= 0.6 is 20.1 Å². The number of rotatable bonds is 8. The zero-order valence-corrected chi connectivity index (χ0v) is 21.4. The van der Waals surface area contributed by atoms with Gasteiger partial charge >= 0.3 is 0 Å².